The largest absolute Gasteiger partial charge is 0.465 e. The van der Waals surface area contributed by atoms with Gasteiger partial charge in [-0.3, -0.25) is 0 Å². The van der Waals surface area contributed by atoms with E-state index in [1.807, 2.05) is 6.92 Å². The Bertz CT molecular complexity index is 409. The number of hydrogen-bond acceptors (Lipinski definition) is 4. The Balaban J connectivity index is 2.78. The van der Waals surface area contributed by atoms with Gasteiger partial charge in [0.15, 0.2) is 0 Å². The van der Waals surface area contributed by atoms with E-state index >= 15 is 0 Å². The number of carbonyl (C=O) groups is 1. The third-order valence-corrected chi connectivity index (χ3v) is 2.48. The summed E-state index contributed by atoms with van der Waals surface area (Å²) in [5, 5.41) is 3.09. The molecule has 0 saturated carbocycles. The number of halogens is 1. The second-order valence-electron chi connectivity index (χ2n) is 4.12. The van der Waals surface area contributed by atoms with Crippen molar-refractivity contribution in [3.63, 3.8) is 0 Å². The molecule has 0 aliphatic heterocycles. The van der Waals surface area contributed by atoms with Crippen molar-refractivity contribution >= 4 is 11.7 Å². The van der Waals surface area contributed by atoms with Crippen LogP contribution in [0, 0.1) is 11.7 Å². The Morgan fingerprint density at radius 2 is 2.17 bits per heavy atom. The van der Waals surface area contributed by atoms with Crippen molar-refractivity contribution in [3.05, 3.63) is 29.6 Å². The van der Waals surface area contributed by atoms with Gasteiger partial charge in [0.1, 0.15) is 5.82 Å². The summed E-state index contributed by atoms with van der Waals surface area (Å²) in [6.07, 6.45) is 0. The van der Waals surface area contributed by atoms with Crippen LogP contribution in [0.3, 0.4) is 0 Å². The van der Waals surface area contributed by atoms with Gasteiger partial charge in [0, 0.05) is 19.3 Å². The van der Waals surface area contributed by atoms with Crippen LogP contribution < -0.4 is 5.32 Å². The first-order chi connectivity index (χ1) is 8.58. The average Bonchev–Trinajstić information content (AvgIpc) is 2.36. The maximum atomic E-state index is 13.1. The predicted octanol–water partition coefficient (Wildman–Crippen LogP) is 2.31. The molecule has 1 unspecified atom stereocenters. The van der Waals surface area contributed by atoms with Crippen LogP contribution in [-0.2, 0) is 9.47 Å². The molecule has 0 aliphatic rings. The molecule has 5 heteroatoms. The summed E-state index contributed by atoms with van der Waals surface area (Å²) in [7, 11) is 2.90. The van der Waals surface area contributed by atoms with Crippen molar-refractivity contribution in [1.82, 2.24) is 0 Å². The molecule has 0 spiro atoms. The molecule has 0 saturated heterocycles. The molecule has 0 bridgehead atoms. The lowest BCUT2D eigenvalue weighted by atomic mass is 10.1. The topological polar surface area (TPSA) is 47.6 Å². The number of esters is 1. The molecule has 0 aliphatic carbocycles. The van der Waals surface area contributed by atoms with Gasteiger partial charge < -0.3 is 14.8 Å². The van der Waals surface area contributed by atoms with E-state index in [2.05, 4.69) is 10.1 Å². The normalized spacial score (nSPS) is 12.0. The molecule has 0 radical (unpaired) electrons. The summed E-state index contributed by atoms with van der Waals surface area (Å²) in [5.74, 6) is -0.743. The standard InChI is InChI=1S/C13H18FNO3/c1-9(8-17-2)7-15-12-5-4-10(14)6-11(12)13(16)18-3/h4-6,9,15H,7-8H2,1-3H3. The molecule has 18 heavy (non-hydrogen) atoms. The van der Waals surface area contributed by atoms with E-state index in [-0.39, 0.29) is 11.5 Å². The molecule has 1 rings (SSSR count). The van der Waals surface area contributed by atoms with Gasteiger partial charge in [-0.25, -0.2) is 9.18 Å². The molecule has 0 heterocycles. The van der Waals surface area contributed by atoms with E-state index in [9.17, 15) is 9.18 Å². The van der Waals surface area contributed by atoms with Crippen LogP contribution in [0.15, 0.2) is 18.2 Å². The fourth-order valence-electron chi connectivity index (χ4n) is 1.58. The van der Waals surface area contributed by atoms with E-state index in [0.29, 0.717) is 18.8 Å². The summed E-state index contributed by atoms with van der Waals surface area (Å²) < 4.78 is 22.7. The quantitative estimate of drug-likeness (QED) is 0.792. The Morgan fingerprint density at radius 1 is 1.44 bits per heavy atom. The lowest BCUT2D eigenvalue weighted by Gasteiger charge is -2.14. The number of methoxy groups -OCH3 is 2. The third kappa shape index (κ3) is 4.00. The van der Waals surface area contributed by atoms with Gasteiger partial charge in [-0.1, -0.05) is 6.92 Å². The molecule has 0 amide bonds. The Kier molecular flexibility index (Phi) is 5.58. The van der Waals surface area contributed by atoms with Crippen molar-refractivity contribution in [2.75, 3.05) is 32.7 Å². The first-order valence-corrected chi connectivity index (χ1v) is 5.69. The van der Waals surface area contributed by atoms with Crippen molar-refractivity contribution < 1.29 is 18.7 Å². The first-order valence-electron chi connectivity index (χ1n) is 5.69. The van der Waals surface area contributed by atoms with Crippen molar-refractivity contribution in [2.24, 2.45) is 5.92 Å². The van der Waals surface area contributed by atoms with Crippen molar-refractivity contribution in [3.8, 4) is 0 Å². The average molecular weight is 255 g/mol. The molecule has 1 atom stereocenters. The summed E-state index contributed by atoms with van der Waals surface area (Å²) >= 11 is 0. The van der Waals surface area contributed by atoms with Crippen molar-refractivity contribution in [2.45, 2.75) is 6.92 Å². The maximum absolute atomic E-state index is 13.1. The van der Waals surface area contributed by atoms with Gasteiger partial charge in [0.05, 0.1) is 19.3 Å². The van der Waals surface area contributed by atoms with Crippen LogP contribution in [0.1, 0.15) is 17.3 Å². The number of anilines is 1. The number of carbonyl (C=O) groups excluding carboxylic acids is 1. The van der Waals surface area contributed by atoms with Crippen LogP contribution in [0.2, 0.25) is 0 Å². The molecular weight excluding hydrogens is 237 g/mol. The van der Waals surface area contributed by atoms with Crippen LogP contribution in [0.25, 0.3) is 0 Å². The summed E-state index contributed by atoms with van der Waals surface area (Å²) in [5.41, 5.74) is 0.758. The van der Waals surface area contributed by atoms with Gasteiger partial charge in [-0.2, -0.15) is 0 Å². The lowest BCUT2D eigenvalue weighted by molar-refractivity contribution is 0.0601. The number of nitrogens with one attached hydrogen (secondary N) is 1. The monoisotopic (exact) mass is 255 g/mol. The number of benzene rings is 1. The fourth-order valence-corrected chi connectivity index (χ4v) is 1.58. The Morgan fingerprint density at radius 3 is 2.78 bits per heavy atom. The van der Waals surface area contributed by atoms with Crippen LogP contribution in [0.5, 0.6) is 0 Å². The van der Waals surface area contributed by atoms with Gasteiger partial charge in [0.2, 0.25) is 0 Å². The van der Waals surface area contributed by atoms with Crippen LogP contribution >= 0.6 is 0 Å². The minimum absolute atomic E-state index is 0.196. The minimum atomic E-state index is -0.559. The maximum Gasteiger partial charge on any atom is 0.340 e. The van der Waals surface area contributed by atoms with Gasteiger partial charge >= 0.3 is 5.97 Å². The third-order valence-electron chi connectivity index (χ3n) is 2.48. The second-order valence-corrected chi connectivity index (χ2v) is 4.12. The molecular formula is C13H18FNO3. The number of rotatable bonds is 6. The van der Waals surface area contributed by atoms with E-state index in [1.165, 1.54) is 19.2 Å². The highest BCUT2D eigenvalue weighted by Gasteiger charge is 2.13. The predicted molar refractivity (Wildman–Crippen MR) is 67.3 cm³/mol. The fraction of sp³-hybridized carbons (Fsp3) is 0.462. The molecule has 1 aromatic rings. The second kappa shape index (κ2) is 6.96. The van der Waals surface area contributed by atoms with Gasteiger partial charge in [0.25, 0.3) is 0 Å². The minimum Gasteiger partial charge on any atom is -0.465 e. The highest BCUT2D eigenvalue weighted by atomic mass is 19.1. The van der Waals surface area contributed by atoms with Crippen LogP contribution in [-0.4, -0.2) is 33.3 Å². The molecule has 4 nitrogen and oxygen atoms in total. The molecule has 0 fully saturated rings. The highest BCUT2D eigenvalue weighted by molar-refractivity contribution is 5.95. The lowest BCUT2D eigenvalue weighted by Crippen LogP contribution is -2.17. The molecule has 0 aromatic heterocycles. The van der Waals surface area contributed by atoms with Gasteiger partial charge in [-0.05, 0) is 24.1 Å². The van der Waals surface area contributed by atoms with E-state index in [0.717, 1.165) is 6.07 Å². The molecule has 1 N–H and O–H groups in total. The summed E-state index contributed by atoms with van der Waals surface area (Å²) in [6.45, 7) is 3.25. The van der Waals surface area contributed by atoms with Crippen molar-refractivity contribution in [1.29, 1.82) is 0 Å². The number of hydrogen-bond donors (Lipinski definition) is 1. The summed E-state index contributed by atoms with van der Waals surface area (Å²) in [6, 6.07) is 3.99. The van der Waals surface area contributed by atoms with E-state index in [1.54, 1.807) is 7.11 Å². The van der Waals surface area contributed by atoms with Gasteiger partial charge in [-0.15, -0.1) is 0 Å². The van der Waals surface area contributed by atoms with E-state index < -0.39 is 11.8 Å². The molecule has 1 aromatic carbocycles. The Hall–Kier alpha value is -1.62. The smallest absolute Gasteiger partial charge is 0.340 e. The zero-order valence-corrected chi connectivity index (χ0v) is 10.8. The molecule has 100 valence electrons. The highest BCUT2D eigenvalue weighted by Crippen LogP contribution is 2.18. The zero-order valence-electron chi connectivity index (χ0n) is 10.8. The Labute approximate surface area is 106 Å². The SMILES string of the molecule is COCC(C)CNc1ccc(F)cc1C(=O)OC. The number of ether oxygens (including phenoxy) is 2. The zero-order chi connectivity index (χ0) is 13.5. The first kappa shape index (κ1) is 14.4. The summed E-state index contributed by atoms with van der Waals surface area (Å²) in [4.78, 5) is 11.5. The van der Waals surface area contributed by atoms with Crippen LogP contribution in [0.4, 0.5) is 10.1 Å². The van der Waals surface area contributed by atoms with E-state index in [4.69, 9.17) is 4.74 Å².